The van der Waals surface area contributed by atoms with Gasteiger partial charge in [0.1, 0.15) is 5.82 Å². The highest BCUT2D eigenvalue weighted by atomic mass is 19.1. The maximum atomic E-state index is 13.1. The van der Waals surface area contributed by atoms with Crippen LogP contribution in [0.1, 0.15) is 56.6 Å². The van der Waals surface area contributed by atoms with Crippen molar-refractivity contribution < 1.29 is 9.50 Å². The fourth-order valence-electron chi connectivity index (χ4n) is 3.26. The highest BCUT2D eigenvalue weighted by Crippen LogP contribution is 2.34. The van der Waals surface area contributed by atoms with Gasteiger partial charge in [0.2, 0.25) is 0 Å². The van der Waals surface area contributed by atoms with Gasteiger partial charge in [-0.25, -0.2) is 4.39 Å². The van der Waals surface area contributed by atoms with Crippen LogP contribution in [0.15, 0.2) is 18.2 Å². The summed E-state index contributed by atoms with van der Waals surface area (Å²) in [6.07, 6.45) is 7.09. The number of rotatable bonds is 3. The van der Waals surface area contributed by atoms with E-state index in [9.17, 15) is 9.50 Å². The zero-order chi connectivity index (χ0) is 13.9. The molecule has 1 aromatic carbocycles. The molecule has 0 saturated heterocycles. The number of halogens is 1. The van der Waals surface area contributed by atoms with Crippen molar-refractivity contribution in [2.24, 2.45) is 5.92 Å². The van der Waals surface area contributed by atoms with Gasteiger partial charge < -0.3 is 5.11 Å². The monoisotopic (exact) mass is 264 g/mol. The lowest BCUT2D eigenvalue weighted by molar-refractivity contribution is 0.0240. The van der Waals surface area contributed by atoms with Gasteiger partial charge in [0.05, 0.1) is 5.60 Å². The van der Waals surface area contributed by atoms with E-state index in [-0.39, 0.29) is 5.82 Å². The molecular weight excluding hydrogens is 239 g/mol. The SMILES string of the molecule is CCC1CCCC(O)(Cc2ccc(F)cc2C)CC1. The first-order valence-corrected chi connectivity index (χ1v) is 7.50. The smallest absolute Gasteiger partial charge is 0.123 e. The van der Waals surface area contributed by atoms with E-state index in [2.05, 4.69) is 6.92 Å². The quantitative estimate of drug-likeness (QED) is 0.802. The van der Waals surface area contributed by atoms with Gasteiger partial charge in [-0.2, -0.15) is 0 Å². The Balaban J connectivity index is 2.08. The predicted molar refractivity (Wildman–Crippen MR) is 76.7 cm³/mol. The second-order valence-corrected chi connectivity index (χ2v) is 6.18. The largest absolute Gasteiger partial charge is 0.390 e. The molecule has 2 rings (SSSR count). The molecule has 0 bridgehead atoms. The minimum Gasteiger partial charge on any atom is -0.390 e. The van der Waals surface area contributed by atoms with Gasteiger partial charge in [0.25, 0.3) is 0 Å². The topological polar surface area (TPSA) is 20.2 Å². The summed E-state index contributed by atoms with van der Waals surface area (Å²) < 4.78 is 13.1. The Bertz CT molecular complexity index is 429. The average molecular weight is 264 g/mol. The van der Waals surface area contributed by atoms with Crippen molar-refractivity contribution in [1.82, 2.24) is 0 Å². The first kappa shape index (κ1) is 14.5. The minimum atomic E-state index is -0.591. The first-order chi connectivity index (χ1) is 9.02. The summed E-state index contributed by atoms with van der Waals surface area (Å²) in [6, 6.07) is 4.88. The van der Waals surface area contributed by atoms with Crippen LogP contribution in [-0.2, 0) is 6.42 Å². The lowest BCUT2D eigenvalue weighted by atomic mass is 9.85. The van der Waals surface area contributed by atoms with Crippen molar-refractivity contribution in [1.29, 1.82) is 0 Å². The highest BCUT2D eigenvalue weighted by Gasteiger charge is 2.31. The Hall–Kier alpha value is -0.890. The van der Waals surface area contributed by atoms with Crippen molar-refractivity contribution in [2.75, 3.05) is 0 Å². The highest BCUT2D eigenvalue weighted by molar-refractivity contribution is 5.28. The number of benzene rings is 1. The zero-order valence-corrected chi connectivity index (χ0v) is 12.1. The molecule has 106 valence electrons. The predicted octanol–water partition coefficient (Wildman–Crippen LogP) is 4.40. The van der Waals surface area contributed by atoms with Gasteiger partial charge in [-0.3, -0.25) is 0 Å². The van der Waals surface area contributed by atoms with Crippen LogP contribution < -0.4 is 0 Å². The Labute approximate surface area is 115 Å². The normalized spacial score (nSPS) is 28.1. The van der Waals surface area contributed by atoms with E-state index in [1.54, 1.807) is 6.07 Å². The van der Waals surface area contributed by atoms with Crippen molar-refractivity contribution in [3.63, 3.8) is 0 Å². The van der Waals surface area contributed by atoms with Gasteiger partial charge in [-0.1, -0.05) is 32.3 Å². The van der Waals surface area contributed by atoms with Crippen LogP contribution >= 0.6 is 0 Å². The van der Waals surface area contributed by atoms with E-state index in [1.807, 2.05) is 13.0 Å². The summed E-state index contributed by atoms with van der Waals surface area (Å²) in [5, 5.41) is 10.8. The van der Waals surface area contributed by atoms with Crippen LogP contribution in [0.4, 0.5) is 4.39 Å². The van der Waals surface area contributed by atoms with E-state index in [4.69, 9.17) is 0 Å². The summed E-state index contributed by atoms with van der Waals surface area (Å²) in [6.45, 7) is 4.16. The van der Waals surface area contributed by atoms with Crippen LogP contribution in [0, 0.1) is 18.7 Å². The van der Waals surface area contributed by atoms with Crippen LogP contribution in [-0.4, -0.2) is 10.7 Å². The third-order valence-corrected chi connectivity index (χ3v) is 4.67. The summed E-state index contributed by atoms with van der Waals surface area (Å²) in [5.74, 6) is 0.573. The Morgan fingerprint density at radius 1 is 1.32 bits per heavy atom. The number of aryl methyl sites for hydroxylation is 1. The molecule has 0 amide bonds. The maximum Gasteiger partial charge on any atom is 0.123 e. The molecule has 0 spiro atoms. The van der Waals surface area contributed by atoms with Crippen molar-refractivity contribution >= 4 is 0 Å². The number of hydrogen-bond acceptors (Lipinski definition) is 1. The van der Waals surface area contributed by atoms with E-state index in [1.165, 1.54) is 18.9 Å². The fourth-order valence-corrected chi connectivity index (χ4v) is 3.26. The second kappa shape index (κ2) is 6.04. The number of aliphatic hydroxyl groups is 1. The summed E-state index contributed by atoms with van der Waals surface area (Å²) in [5.41, 5.74) is 1.44. The third kappa shape index (κ3) is 3.79. The summed E-state index contributed by atoms with van der Waals surface area (Å²) in [7, 11) is 0. The summed E-state index contributed by atoms with van der Waals surface area (Å²) in [4.78, 5) is 0. The molecule has 19 heavy (non-hydrogen) atoms. The molecule has 1 fully saturated rings. The van der Waals surface area contributed by atoms with Gasteiger partial charge in [-0.05, 0) is 55.4 Å². The summed E-state index contributed by atoms with van der Waals surface area (Å²) >= 11 is 0. The van der Waals surface area contributed by atoms with Crippen molar-refractivity contribution in [3.8, 4) is 0 Å². The molecule has 0 aliphatic heterocycles. The van der Waals surface area contributed by atoms with Gasteiger partial charge in [-0.15, -0.1) is 0 Å². The van der Waals surface area contributed by atoms with E-state index < -0.39 is 5.60 Å². The molecule has 0 aromatic heterocycles. The molecule has 1 nitrogen and oxygen atoms in total. The van der Waals surface area contributed by atoms with E-state index in [0.29, 0.717) is 6.42 Å². The van der Waals surface area contributed by atoms with Crippen molar-refractivity contribution in [2.45, 2.75) is 64.4 Å². The lowest BCUT2D eigenvalue weighted by Gasteiger charge is -2.27. The van der Waals surface area contributed by atoms with E-state index >= 15 is 0 Å². The Morgan fingerprint density at radius 2 is 2.11 bits per heavy atom. The second-order valence-electron chi connectivity index (χ2n) is 6.18. The molecule has 0 heterocycles. The molecule has 0 radical (unpaired) electrons. The van der Waals surface area contributed by atoms with Crippen LogP contribution in [0.5, 0.6) is 0 Å². The minimum absolute atomic E-state index is 0.194. The average Bonchev–Trinajstić information content (AvgIpc) is 2.55. The molecule has 1 aromatic rings. The zero-order valence-electron chi connectivity index (χ0n) is 12.1. The first-order valence-electron chi connectivity index (χ1n) is 7.50. The Kier molecular flexibility index (Phi) is 4.62. The molecular formula is C17H25FO. The third-order valence-electron chi connectivity index (χ3n) is 4.67. The molecule has 2 heteroatoms. The standard InChI is InChI=1S/C17H25FO/c1-3-14-5-4-9-17(19,10-8-14)12-15-6-7-16(18)11-13(15)2/h6-7,11,14,19H,3-5,8-10,12H2,1-2H3. The van der Waals surface area contributed by atoms with E-state index in [0.717, 1.165) is 42.7 Å². The molecule has 1 aliphatic rings. The fraction of sp³-hybridized carbons (Fsp3) is 0.647. The Morgan fingerprint density at radius 3 is 2.79 bits per heavy atom. The molecule has 2 unspecified atom stereocenters. The van der Waals surface area contributed by atoms with Crippen molar-refractivity contribution in [3.05, 3.63) is 35.1 Å². The van der Waals surface area contributed by atoms with Crippen LogP contribution in [0.25, 0.3) is 0 Å². The lowest BCUT2D eigenvalue weighted by Crippen LogP contribution is -2.31. The molecule has 1 aliphatic carbocycles. The number of hydrogen-bond donors (Lipinski definition) is 1. The van der Waals surface area contributed by atoms with Crippen LogP contribution in [0.3, 0.4) is 0 Å². The molecule has 1 saturated carbocycles. The van der Waals surface area contributed by atoms with Crippen LogP contribution in [0.2, 0.25) is 0 Å². The molecule has 1 N–H and O–H groups in total. The van der Waals surface area contributed by atoms with Gasteiger partial charge in [0, 0.05) is 6.42 Å². The molecule has 2 atom stereocenters. The van der Waals surface area contributed by atoms with Gasteiger partial charge >= 0.3 is 0 Å². The maximum absolute atomic E-state index is 13.1. The van der Waals surface area contributed by atoms with Gasteiger partial charge in [0.15, 0.2) is 0 Å².